The number of nitriles is 1. The van der Waals surface area contributed by atoms with Crippen LogP contribution >= 0.6 is 0 Å². The minimum atomic E-state index is -3.60. The van der Waals surface area contributed by atoms with Gasteiger partial charge in [0.05, 0.1) is 11.0 Å². The lowest BCUT2D eigenvalue weighted by Gasteiger charge is -2.37. The molecule has 0 heterocycles. The summed E-state index contributed by atoms with van der Waals surface area (Å²) < 4.78 is 26.4. The molecule has 1 aromatic carbocycles. The second kappa shape index (κ2) is 5.32. The van der Waals surface area contributed by atoms with Crippen molar-refractivity contribution in [1.29, 1.82) is 5.26 Å². The molecule has 0 bridgehead atoms. The maximum atomic E-state index is 12.6. The fourth-order valence-electron chi connectivity index (χ4n) is 2.61. The van der Waals surface area contributed by atoms with Gasteiger partial charge in [-0.2, -0.15) is 9.57 Å². The molecule has 0 radical (unpaired) electrons. The number of hydrogen-bond acceptors (Lipinski definition) is 3. The summed E-state index contributed by atoms with van der Waals surface area (Å²) in [5, 5.41) is 9.47. The lowest BCUT2D eigenvalue weighted by atomic mass is 9.83. The first-order valence-electron chi connectivity index (χ1n) is 6.48. The van der Waals surface area contributed by atoms with Gasteiger partial charge >= 0.3 is 0 Å². The van der Waals surface area contributed by atoms with Gasteiger partial charge in [0.1, 0.15) is 5.54 Å². The molecule has 1 aliphatic carbocycles. The van der Waals surface area contributed by atoms with Gasteiger partial charge in [0.25, 0.3) is 0 Å². The molecule has 0 atom stereocenters. The van der Waals surface area contributed by atoms with E-state index in [2.05, 4.69) is 6.07 Å². The van der Waals surface area contributed by atoms with E-state index in [9.17, 15) is 13.7 Å². The van der Waals surface area contributed by atoms with Crippen molar-refractivity contribution >= 4 is 10.0 Å². The molecule has 0 N–H and O–H groups in total. The van der Waals surface area contributed by atoms with Gasteiger partial charge in [-0.25, -0.2) is 8.42 Å². The predicted molar refractivity (Wildman–Crippen MR) is 72.8 cm³/mol. The van der Waals surface area contributed by atoms with E-state index in [1.165, 1.54) is 11.4 Å². The Morgan fingerprint density at radius 2 is 1.74 bits per heavy atom. The van der Waals surface area contributed by atoms with Gasteiger partial charge in [0, 0.05) is 7.05 Å². The highest BCUT2D eigenvalue weighted by molar-refractivity contribution is 7.89. The highest BCUT2D eigenvalue weighted by Gasteiger charge is 2.42. The Bertz CT molecular complexity index is 569. The lowest BCUT2D eigenvalue weighted by molar-refractivity contribution is 0.212. The zero-order chi connectivity index (χ0) is 13.9. The van der Waals surface area contributed by atoms with Crippen LogP contribution in [0.1, 0.15) is 32.1 Å². The first-order valence-corrected chi connectivity index (χ1v) is 7.92. The molecule has 1 fully saturated rings. The van der Waals surface area contributed by atoms with Gasteiger partial charge < -0.3 is 0 Å². The van der Waals surface area contributed by atoms with E-state index in [0.29, 0.717) is 12.8 Å². The highest BCUT2D eigenvalue weighted by atomic mass is 32.2. The maximum absolute atomic E-state index is 12.6. The van der Waals surface area contributed by atoms with E-state index < -0.39 is 15.6 Å². The van der Waals surface area contributed by atoms with Crippen molar-refractivity contribution in [1.82, 2.24) is 4.31 Å². The van der Waals surface area contributed by atoms with Crippen LogP contribution in [0.2, 0.25) is 0 Å². The summed E-state index contributed by atoms with van der Waals surface area (Å²) in [7, 11) is -2.07. The molecule has 1 saturated carbocycles. The summed E-state index contributed by atoms with van der Waals surface area (Å²) >= 11 is 0. The number of benzene rings is 1. The average molecular weight is 278 g/mol. The second-order valence-electron chi connectivity index (χ2n) is 4.99. The van der Waals surface area contributed by atoms with Crippen molar-refractivity contribution in [2.75, 3.05) is 7.05 Å². The Kier molecular flexibility index (Phi) is 3.93. The fourth-order valence-corrected chi connectivity index (χ4v) is 4.12. The Morgan fingerprint density at radius 1 is 1.16 bits per heavy atom. The molecule has 0 saturated heterocycles. The standard InChI is InChI=1S/C14H18N2O2S/c1-16(14(12-15)10-6-3-7-11-14)19(17,18)13-8-4-2-5-9-13/h2,4-5,8-9H,3,6-7,10-11H2,1H3. The van der Waals surface area contributed by atoms with Crippen LogP contribution in [0.15, 0.2) is 35.2 Å². The first kappa shape index (κ1) is 14.0. The first-order chi connectivity index (χ1) is 9.03. The fraction of sp³-hybridized carbons (Fsp3) is 0.500. The van der Waals surface area contributed by atoms with Gasteiger partial charge in [0.15, 0.2) is 0 Å². The van der Waals surface area contributed by atoms with E-state index in [-0.39, 0.29) is 4.90 Å². The zero-order valence-electron chi connectivity index (χ0n) is 11.0. The van der Waals surface area contributed by atoms with Crippen LogP contribution in [-0.2, 0) is 10.0 Å². The predicted octanol–water partition coefficient (Wildman–Crippen LogP) is 2.53. The van der Waals surface area contributed by atoms with Crippen LogP contribution in [0.5, 0.6) is 0 Å². The Morgan fingerprint density at radius 3 is 2.26 bits per heavy atom. The van der Waals surface area contributed by atoms with Crippen molar-refractivity contribution in [3.63, 3.8) is 0 Å². The maximum Gasteiger partial charge on any atom is 0.244 e. The molecule has 102 valence electrons. The van der Waals surface area contributed by atoms with Crippen molar-refractivity contribution in [3.05, 3.63) is 30.3 Å². The number of hydrogen-bond donors (Lipinski definition) is 0. The molecule has 0 aliphatic heterocycles. The highest BCUT2D eigenvalue weighted by Crippen LogP contribution is 2.35. The molecule has 0 spiro atoms. The molecule has 0 amide bonds. The van der Waals surface area contributed by atoms with Crippen molar-refractivity contribution < 1.29 is 8.42 Å². The number of sulfonamides is 1. The summed E-state index contributed by atoms with van der Waals surface area (Å²) in [5.41, 5.74) is -0.882. The monoisotopic (exact) mass is 278 g/mol. The van der Waals surface area contributed by atoms with Crippen molar-refractivity contribution in [2.24, 2.45) is 0 Å². The van der Waals surface area contributed by atoms with Gasteiger partial charge in [-0.15, -0.1) is 0 Å². The molecule has 1 aromatic rings. The third-order valence-electron chi connectivity index (χ3n) is 3.89. The molecular formula is C14H18N2O2S. The summed E-state index contributed by atoms with van der Waals surface area (Å²) in [6.07, 6.45) is 4.12. The second-order valence-corrected chi connectivity index (χ2v) is 6.96. The quantitative estimate of drug-likeness (QED) is 0.853. The molecule has 0 aromatic heterocycles. The van der Waals surface area contributed by atoms with Crippen LogP contribution < -0.4 is 0 Å². The van der Waals surface area contributed by atoms with Crippen molar-refractivity contribution in [3.8, 4) is 6.07 Å². The number of nitrogens with zero attached hydrogens (tertiary/aromatic N) is 2. The van der Waals surface area contributed by atoms with Gasteiger partial charge in [-0.3, -0.25) is 0 Å². The van der Waals surface area contributed by atoms with Crippen LogP contribution in [0.25, 0.3) is 0 Å². The molecule has 0 unspecified atom stereocenters. The third kappa shape index (κ3) is 2.51. The summed E-state index contributed by atoms with van der Waals surface area (Å²) in [4.78, 5) is 0.248. The topological polar surface area (TPSA) is 61.2 Å². The minimum absolute atomic E-state index is 0.248. The van der Waals surface area contributed by atoms with E-state index in [1.807, 2.05) is 0 Å². The van der Waals surface area contributed by atoms with Crippen LogP contribution in [0.4, 0.5) is 0 Å². The Labute approximate surface area is 114 Å². The largest absolute Gasteiger partial charge is 0.244 e. The van der Waals surface area contributed by atoms with Crippen LogP contribution in [-0.4, -0.2) is 25.3 Å². The minimum Gasteiger partial charge on any atom is -0.207 e. The van der Waals surface area contributed by atoms with Gasteiger partial charge in [0.2, 0.25) is 10.0 Å². The van der Waals surface area contributed by atoms with E-state index in [1.54, 1.807) is 30.3 Å². The molecule has 2 rings (SSSR count). The van der Waals surface area contributed by atoms with Crippen LogP contribution in [0, 0.1) is 11.3 Å². The third-order valence-corrected chi connectivity index (χ3v) is 5.83. The summed E-state index contributed by atoms with van der Waals surface area (Å²) in [5.74, 6) is 0. The summed E-state index contributed by atoms with van der Waals surface area (Å²) in [6.45, 7) is 0. The van der Waals surface area contributed by atoms with Crippen LogP contribution in [0.3, 0.4) is 0 Å². The molecule has 5 heteroatoms. The molecule has 1 aliphatic rings. The van der Waals surface area contributed by atoms with Gasteiger partial charge in [-0.05, 0) is 25.0 Å². The molecule has 19 heavy (non-hydrogen) atoms. The SMILES string of the molecule is CN(C1(C#N)CCCCC1)S(=O)(=O)c1ccccc1. The number of rotatable bonds is 3. The smallest absolute Gasteiger partial charge is 0.207 e. The van der Waals surface area contributed by atoms with Crippen molar-refractivity contribution in [2.45, 2.75) is 42.5 Å². The lowest BCUT2D eigenvalue weighted by Crippen LogP contribution is -2.49. The van der Waals surface area contributed by atoms with E-state index in [4.69, 9.17) is 0 Å². The van der Waals surface area contributed by atoms with Gasteiger partial charge in [-0.1, -0.05) is 37.5 Å². The Balaban J connectivity index is 2.38. The molecular weight excluding hydrogens is 260 g/mol. The summed E-state index contributed by atoms with van der Waals surface area (Å²) in [6, 6.07) is 10.5. The van der Waals surface area contributed by atoms with E-state index in [0.717, 1.165) is 19.3 Å². The Hall–Kier alpha value is -1.38. The zero-order valence-corrected chi connectivity index (χ0v) is 11.9. The van der Waals surface area contributed by atoms with E-state index >= 15 is 0 Å². The normalized spacial score (nSPS) is 19.0. The molecule has 4 nitrogen and oxygen atoms in total. The average Bonchev–Trinajstić information content (AvgIpc) is 2.48.